The second-order valence-corrected chi connectivity index (χ2v) is 8.83. The van der Waals surface area contributed by atoms with Gasteiger partial charge in [0.25, 0.3) is 0 Å². The van der Waals surface area contributed by atoms with Crippen molar-refractivity contribution in [3.63, 3.8) is 0 Å². The monoisotopic (exact) mass is 411 g/mol. The van der Waals surface area contributed by atoms with Gasteiger partial charge in [-0.2, -0.15) is 0 Å². The summed E-state index contributed by atoms with van der Waals surface area (Å²) in [6, 6.07) is 16.1. The molecule has 2 aromatic rings. The van der Waals surface area contributed by atoms with Crippen LogP contribution < -0.4 is 5.32 Å². The lowest BCUT2D eigenvalue weighted by molar-refractivity contribution is -0.156. The zero-order valence-electron chi connectivity index (χ0n) is 18.1. The molecule has 0 saturated heterocycles. The van der Waals surface area contributed by atoms with Crippen LogP contribution in [-0.4, -0.2) is 41.0 Å². The van der Waals surface area contributed by atoms with Gasteiger partial charge in [0.15, 0.2) is 5.54 Å². The van der Waals surface area contributed by atoms with Gasteiger partial charge in [0.05, 0.1) is 11.7 Å². The van der Waals surface area contributed by atoms with Crippen molar-refractivity contribution < 1.29 is 24.2 Å². The second-order valence-electron chi connectivity index (χ2n) is 8.83. The summed E-state index contributed by atoms with van der Waals surface area (Å²) >= 11 is 0. The number of aliphatic carboxylic acids is 1. The minimum Gasteiger partial charge on any atom is -0.479 e. The Kier molecular flexibility index (Phi) is 5.90. The van der Waals surface area contributed by atoms with Crippen LogP contribution in [0.5, 0.6) is 0 Å². The molecular weight excluding hydrogens is 382 g/mol. The maximum Gasteiger partial charge on any atom is 0.408 e. The normalized spacial score (nSPS) is 16.2. The molecule has 1 aliphatic rings. The number of alkyl carbamates (subject to hydrolysis) is 1. The Morgan fingerprint density at radius 3 is 1.97 bits per heavy atom. The third-order valence-electron chi connectivity index (χ3n) is 5.49. The van der Waals surface area contributed by atoms with E-state index in [0.29, 0.717) is 0 Å². The minimum absolute atomic E-state index is 0.0949. The average Bonchev–Trinajstić information content (AvgIpc) is 2.98. The zero-order valence-corrected chi connectivity index (χ0v) is 18.1. The van der Waals surface area contributed by atoms with Crippen LogP contribution in [0.3, 0.4) is 0 Å². The van der Waals surface area contributed by atoms with Crippen molar-refractivity contribution in [1.82, 2.24) is 5.32 Å². The molecule has 6 nitrogen and oxygen atoms in total. The summed E-state index contributed by atoms with van der Waals surface area (Å²) in [5.74, 6) is -1.28. The van der Waals surface area contributed by atoms with E-state index in [1.165, 1.54) is 6.92 Å². The first-order chi connectivity index (χ1) is 14.0. The van der Waals surface area contributed by atoms with Crippen molar-refractivity contribution in [2.75, 3.05) is 6.61 Å². The van der Waals surface area contributed by atoms with E-state index in [-0.39, 0.29) is 12.5 Å². The van der Waals surface area contributed by atoms with Crippen molar-refractivity contribution in [1.29, 1.82) is 0 Å². The highest BCUT2D eigenvalue weighted by Gasteiger charge is 2.43. The highest BCUT2D eigenvalue weighted by molar-refractivity contribution is 5.85. The van der Waals surface area contributed by atoms with Gasteiger partial charge in [0, 0.05) is 5.92 Å². The number of carboxylic acid groups (broad SMARTS) is 1. The molecule has 160 valence electrons. The standard InChI is InChI=1S/C24H29NO5/c1-15(30-23(2,3)4)24(5,21(26)27)25-22(28)29-14-20-18-12-8-6-10-16(18)17-11-7-9-13-19(17)20/h6-13,15,20H,14H2,1-5H3,(H,25,28)(H,26,27). The van der Waals surface area contributed by atoms with E-state index in [0.717, 1.165) is 22.3 Å². The topological polar surface area (TPSA) is 84.9 Å². The van der Waals surface area contributed by atoms with Crippen LogP contribution in [0.2, 0.25) is 0 Å². The lowest BCUT2D eigenvalue weighted by Crippen LogP contribution is -2.61. The Hall–Kier alpha value is -2.86. The lowest BCUT2D eigenvalue weighted by Gasteiger charge is -2.36. The quantitative estimate of drug-likeness (QED) is 0.727. The van der Waals surface area contributed by atoms with Crippen LogP contribution in [0.1, 0.15) is 51.7 Å². The van der Waals surface area contributed by atoms with Gasteiger partial charge in [-0.05, 0) is 56.9 Å². The van der Waals surface area contributed by atoms with Gasteiger partial charge < -0.3 is 19.9 Å². The molecule has 2 N–H and O–H groups in total. The van der Waals surface area contributed by atoms with Gasteiger partial charge in [-0.3, -0.25) is 0 Å². The summed E-state index contributed by atoms with van der Waals surface area (Å²) in [7, 11) is 0. The first-order valence-electron chi connectivity index (χ1n) is 10.1. The Balaban J connectivity index is 1.73. The predicted molar refractivity (Wildman–Crippen MR) is 115 cm³/mol. The summed E-state index contributed by atoms with van der Waals surface area (Å²) in [5.41, 5.74) is 2.26. The van der Waals surface area contributed by atoms with Gasteiger partial charge in [-0.25, -0.2) is 9.59 Å². The van der Waals surface area contributed by atoms with Crippen LogP contribution in [-0.2, 0) is 14.3 Å². The first kappa shape index (κ1) is 21.8. The summed E-state index contributed by atoms with van der Waals surface area (Å²) in [6.45, 7) is 8.66. The molecule has 0 radical (unpaired) electrons. The largest absolute Gasteiger partial charge is 0.479 e. The van der Waals surface area contributed by atoms with E-state index >= 15 is 0 Å². The molecule has 0 heterocycles. The molecule has 1 aliphatic carbocycles. The maximum atomic E-state index is 12.6. The average molecular weight is 411 g/mol. The molecule has 0 bridgehead atoms. The molecule has 3 rings (SSSR count). The number of amides is 1. The number of fused-ring (bicyclic) bond motifs is 3. The number of carbonyl (C=O) groups excluding carboxylic acids is 1. The van der Waals surface area contributed by atoms with E-state index in [9.17, 15) is 14.7 Å². The molecule has 0 saturated carbocycles. The molecule has 0 aliphatic heterocycles. The fourth-order valence-electron chi connectivity index (χ4n) is 3.82. The summed E-state index contributed by atoms with van der Waals surface area (Å²) in [5, 5.41) is 12.2. The number of hydrogen-bond donors (Lipinski definition) is 2. The fraction of sp³-hybridized carbons (Fsp3) is 0.417. The predicted octanol–water partition coefficient (Wildman–Crippen LogP) is 4.57. The molecule has 2 unspecified atom stereocenters. The zero-order chi connectivity index (χ0) is 22.1. The maximum absolute atomic E-state index is 12.6. The van der Waals surface area contributed by atoms with Crippen molar-refractivity contribution in [2.24, 2.45) is 0 Å². The number of carbonyl (C=O) groups is 2. The molecule has 2 aromatic carbocycles. The van der Waals surface area contributed by atoms with Crippen LogP contribution >= 0.6 is 0 Å². The number of hydrogen-bond acceptors (Lipinski definition) is 4. The number of rotatable bonds is 6. The van der Waals surface area contributed by atoms with E-state index in [2.05, 4.69) is 17.4 Å². The second kappa shape index (κ2) is 8.11. The van der Waals surface area contributed by atoms with Crippen molar-refractivity contribution in [2.45, 2.75) is 57.8 Å². The third-order valence-corrected chi connectivity index (χ3v) is 5.49. The fourth-order valence-corrected chi connectivity index (χ4v) is 3.82. The number of carboxylic acids is 1. The van der Waals surface area contributed by atoms with Crippen LogP contribution in [0.4, 0.5) is 4.79 Å². The Bertz CT molecular complexity index is 903. The van der Waals surface area contributed by atoms with Crippen molar-refractivity contribution in [3.05, 3.63) is 59.7 Å². The smallest absolute Gasteiger partial charge is 0.408 e. The molecular formula is C24H29NO5. The number of ether oxygens (including phenoxy) is 2. The first-order valence-corrected chi connectivity index (χ1v) is 10.1. The highest BCUT2D eigenvalue weighted by atomic mass is 16.6. The summed E-state index contributed by atoms with van der Waals surface area (Å²) in [6.07, 6.45) is -1.55. The van der Waals surface area contributed by atoms with Crippen LogP contribution in [0.15, 0.2) is 48.5 Å². The molecule has 1 amide bonds. The van der Waals surface area contributed by atoms with E-state index in [1.54, 1.807) is 6.92 Å². The Morgan fingerprint density at radius 2 is 1.50 bits per heavy atom. The van der Waals surface area contributed by atoms with E-state index < -0.39 is 29.3 Å². The van der Waals surface area contributed by atoms with Gasteiger partial charge in [-0.15, -0.1) is 0 Å². The van der Waals surface area contributed by atoms with Crippen molar-refractivity contribution >= 4 is 12.1 Å². The molecule has 0 spiro atoms. The molecule has 30 heavy (non-hydrogen) atoms. The Morgan fingerprint density at radius 1 is 1.00 bits per heavy atom. The molecule has 6 heteroatoms. The van der Waals surface area contributed by atoms with Crippen LogP contribution in [0.25, 0.3) is 11.1 Å². The van der Waals surface area contributed by atoms with Crippen molar-refractivity contribution in [3.8, 4) is 11.1 Å². The lowest BCUT2D eigenvalue weighted by atomic mass is 9.95. The highest BCUT2D eigenvalue weighted by Crippen LogP contribution is 2.44. The van der Waals surface area contributed by atoms with E-state index in [1.807, 2.05) is 57.2 Å². The molecule has 0 fully saturated rings. The summed E-state index contributed by atoms with van der Waals surface area (Å²) in [4.78, 5) is 24.5. The summed E-state index contributed by atoms with van der Waals surface area (Å²) < 4.78 is 11.3. The van der Waals surface area contributed by atoms with Crippen LogP contribution in [0, 0.1) is 0 Å². The minimum atomic E-state index is -1.63. The number of benzene rings is 2. The molecule has 2 atom stereocenters. The Labute approximate surface area is 177 Å². The number of nitrogens with one attached hydrogen (secondary N) is 1. The van der Waals surface area contributed by atoms with Gasteiger partial charge in [-0.1, -0.05) is 48.5 Å². The molecule has 0 aromatic heterocycles. The van der Waals surface area contributed by atoms with Gasteiger partial charge in [0.1, 0.15) is 6.61 Å². The SMILES string of the molecule is CC(OC(C)(C)C)C(C)(NC(=O)OCC1c2ccccc2-c2ccccc21)C(=O)O. The third kappa shape index (κ3) is 4.33. The van der Waals surface area contributed by atoms with Gasteiger partial charge >= 0.3 is 12.1 Å². The van der Waals surface area contributed by atoms with Gasteiger partial charge in [0.2, 0.25) is 0 Å². The van der Waals surface area contributed by atoms with E-state index in [4.69, 9.17) is 9.47 Å².